The van der Waals surface area contributed by atoms with Gasteiger partial charge in [0, 0.05) is 17.4 Å². The predicted octanol–water partition coefficient (Wildman–Crippen LogP) is 0.680. The first-order chi connectivity index (χ1) is 16.9. The van der Waals surface area contributed by atoms with E-state index in [1.165, 1.54) is 19.1 Å². The molecule has 11 atom stereocenters. The smallest absolute Gasteiger partial charge is 0.334 e. The average Bonchev–Trinajstić information content (AvgIpc) is 3.06. The molecule has 3 saturated carbocycles. The van der Waals surface area contributed by atoms with Crippen molar-refractivity contribution in [1.82, 2.24) is 0 Å². The van der Waals surface area contributed by atoms with Crippen LogP contribution in [-0.2, 0) is 14.3 Å². The van der Waals surface area contributed by atoms with Gasteiger partial charge >= 0.3 is 5.97 Å². The lowest BCUT2D eigenvalue weighted by Gasteiger charge is -2.67. The van der Waals surface area contributed by atoms with E-state index in [1.54, 1.807) is 27.7 Å². The molecule has 1 aliphatic heterocycles. The molecule has 0 aromatic carbocycles. The van der Waals surface area contributed by atoms with Gasteiger partial charge in [0.25, 0.3) is 0 Å². The summed E-state index contributed by atoms with van der Waals surface area (Å²) in [5.41, 5.74) is -9.08. The summed E-state index contributed by atoms with van der Waals surface area (Å²) in [5.74, 6) is -2.26. The standard InChI is InChI=1S/C28H40O9/c1-14-12-21(37-22(32)15(14)2)25(5,33)27(35)11-10-26(34)17-13-20(31)28(36)19(30)7-6-18(29)24(28,4)16(17)8-9-23(26,27)3/h6-7,16-17,19-21,30-31,33-36H,8-13H2,1-5H3/t16-,17+,19-,20-,21+,23-,24-,25+,26+,27-,28-/m0/s1. The van der Waals surface area contributed by atoms with Crippen LogP contribution >= 0.6 is 0 Å². The lowest BCUT2D eigenvalue weighted by molar-refractivity contribution is -0.308. The molecule has 37 heavy (non-hydrogen) atoms. The number of carbonyl (C=O) groups is 2. The molecule has 9 nitrogen and oxygen atoms in total. The molecule has 206 valence electrons. The number of cyclic esters (lactones) is 1. The molecule has 0 saturated heterocycles. The average molecular weight is 521 g/mol. The quantitative estimate of drug-likeness (QED) is 0.287. The zero-order valence-corrected chi connectivity index (χ0v) is 22.2. The van der Waals surface area contributed by atoms with E-state index in [0.29, 0.717) is 12.0 Å². The molecule has 0 bridgehead atoms. The van der Waals surface area contributed by atoms with Crippen molar-refractivity contribution < 1.29 is 45.0 Å². The Bertz CT molecular complexity index is 1110. The second-order valence-electron chi connectivity index (χ2n) is 13.0. The Morgan fingerprint density at radius 2 is 1.68 bits per heavy atom. The third-order valence-corrected chi connectivity index (χ3v) is 11.9. The van der Waals surface area contributed by atoms with Crippen LogP contribution in [0.1, 0.15) is 73.1 Å². The first-order valence-electron chi connectivity index (χ1n) is 13.3. The minimum absolute atomic E-state index is 0.0135. The Kier molecular flexibility index (Phi) is 5.64. The molecule has 1 heterocycles. The number of allylic oxidation sites excluding steroid dienone is 1. The summed E-state index contributed by atoms with van der Waals surface area (Å²) in [6.45, 7) is 8.16. The largest absolute Gasteiger partial charge is 0.455 e. The highest BCUT2D eigenvalue weighted by Crippen LogP contribution is 2.71. The van der Waals surface area contributed by atoms with Crippen LogP contribution in [0.15, 0.2) is 23.3 Å². The van der Waals surface area contributed by atoms with E-state index in [4.69, 9.17) is 4.74 Å². The van der Waals surface area contributed by atoms with Crippen molar-refractivity contribution in [3.63, 3.8) is 0 Å². The van der Waals surface area contributed by atoms with Gasteiger partial charge in [0.2, 0.25) is 0 Å². The summed E-state index contributed by atoms with van der Waals surface area (Å²) in [6, 6.07) is 0. The van der Waals surface area contributed by atoms with Crippen LogP contribution in [0.3, 0.4) is 0 Å². The SMILES string of the molecule is CC1=C(C)C(=O)O[C@@H]([C@@](C)(O)[C@]2(O)CC[C@@]3(O)[C@@H]4C[C@H](O)[C@@]5(O)[C@@H](O)C=CC(=O)[C@]5(C)[C@H]4CC[C@]23C)C1. The van der Waals surface area contributed by atoms with Crippen molar-refractivity contribution in [3.8, 4) is 0 Å². The van der Waals surface area contributed by atoms with Crippen LogP contribution in [0.2, 0.25) is 0 Å². The Labute approximate surface area is 216 Å². The molecule has 0 spiro atoms. The van der Waals surface area contributed by atoms with E-state index in [2.05, 4.69) is 0 Å². The number of ether oxygens (including phenoxy) is 1. The van der Waals surface area contributed by atoms with Crippen molar-refractivity contribution in [1.29, 1.82) is 0 Å². The highest BCUT2D eigenvalue weighted by molar-refractivity contribution is 5.97. The van der Waals surface area contributed by atoms with Crippen LogP contribution in [0.5, 0.6) is 0 Å². The monoisotopic (exact) mass is 520 g/mol. The van der Waals surface area contributed by atoms with Crippen LogP contribution in [0.4, 0.5) is 0 Å². The lowest BCUT2D eigenvalue weighted by Crippen LogP contribution is -2.77. The third-order valence-electron chi connectivity index (χ3n) is 11.9. The van der Waals surface area contributed by atoms with Gasteiger partial charge in [0.1, 0.15) is 29.0 Å². The zero-order valence-electron chi connectivity index (χ0n) is 22.2. The number of carbonyl (C=O) groups excluding carboxylic acids is 2. The van der Waals surface area contributed by atoms with Gasteiger partial charge in [-0.25, -0.2) is 4.79 Å². The normalized spacial score (nSPS) is 53.2. The summed E-state index contributed by atoms with van der Waals surface area (Å²) in [6.07, 6.45) is -0.766. The maximum Gasteiger partial charge on any atom is 0.334 e. The molecular formula is C28H40O9. The number of esters is 1. The molecule has 0 amide bonds. The molecule has 0 aromatic rings. The fourth-order valence-corrected chi connectivity index (χ4v) is 9.03. The molecule has 0 unspecified atom stereocenters. The topological polar surface area (TPSA) is 165 Å². The van der Waals surface area contributed by atoms with Crippen LogP contribution in [0, 0.1) is 22.7 Å². The van der Waals surface area contributed by atoms with E-state index < -0.39 is 75.1 Å². The highest BCUT2D eigenvalue weighted by Gasteiger charge is 2.79. The number of fused-ring (bicyclic) bond motifs is 5. The lowest BCUT2D eigenvalue weighted by atomic mass is 9.40. The summed E-state index contributed by atoms with van der Waals surface area (Å²) < 4.78 is 5.58. The van der Waals surface area contributed by atoms with Gasteiger partial charge in [-0.05, 0) is 83.8 Å². The van der Waals surface area contributed by atoms with E-state index in [9.17, 15) is 40.2 Å². The van der Waals surface area contributed by atoms with Crippen LogP contribution < -0.4 is 0 Å². The van der Waals surface area contributed by atoms with Gasteiger partial charge in [-0.3, -0.25) is 4.79 Å². The summed E-state index contributed by atoms with van der Waals surface area (Å²) in [4.78, 5) is 25.7. The highest BCUT2D eigenvalue weighted by atomic mass is 16.6. The van der Waals surface area contributed by atoms with Gasteiger partial charge in [0.05, 0.1) is 17.1 Å². The fourth-order valence-electron chi connectivity index (χ4n) is 9.03. The Morgan fingerprint density at radius 1 is 1.03 bits per heavy atom. The second-order valence-corrected chi connectivity index (χ2v) is 13.0. The number of aliphatic hydroxyl groups excluding tert-OH is 2. The van der Waals surface area contributed by atoms with E-state index >= 15 is 0 Å². The Balaban J connectivity index is 1.56. The van der Waals surface area contributed by atoms with Crippen LogP contribution in [0.25, 0.3) is 0 Å². The third kappa shape index (κ3) is 2.85. The Morgan fingerprint density at radius 3 is 2.30 bits per heavy atom. The molecular weight excluding hydrogens is 480 g/mol. The number of hydrogen-bond acceptors (Lipinski definition) is 9. The minimum atomic E-state index is -2.11. The summed E-state index contributed by atoms with van der Waals surface area (Å²) in [5, 5.41) is 70.0. The number of aliphatic hydroxyl groups is 6. The van der Waals surface area contributed by atoms with Gasteiger partial charge in [-0.1, -0.05) is 12.5 Å². The molecule has 4 aliphatic carbocycles. The zero-order chi connectivity index (χ0) is 27.6. The first-order valence-corrected chi connectivity index (χ1v) is 13.3. The number of hydrogen-bond donors (Lipinski definition) is 6. The maximum absolute atomic E-state index is 13.3. The molecule has 0 radical (unpaired) electrons. The summed E-state index contributed by atoms with van der Waals surface area (Å²) >= 11 is 0. The van der Waals surface area contributed by atoms with Crippen molar-refractivity contribution >= 4 is 11.8 Å². The van der Waals surface area contributed by atoms with Crippen molar-refractivity contribution in [2.75, 3.05) is 0 Å². The summed E-state index contributed by atoms with van der Waals surface area (Å²) in [7, 11) is 0. The van der Waals surface area contributed by atoms with E-state index in [-0.39, 0.29) is 32.1 Å². The van der Waals surface area contributed by atoms with Crippen molar-refractivity contribution in [2.45, 2.75) is 114 Å². The number of rotatable bonds is 2. The maximum atomic E-state index is 13.3. The molecule has 5 aliphatic rings. The first kappa shape index (κ1) is 27.0. The molecule has 9 heteroatoms. The minimum Gasteiger partial charge on any atom is -0.455 e. The molecule has 5 rings (SSSR count). The van der Waals surface area contributed by atoms with E-state index in [0.717, 1.165) is 5.57 Å². The van der Waals surface area contributed by atoms with E-state index in [1.807, 2.05) is 0 Å². The number of ketones is 1. The van der Waals surface area contributed by atoms with Crippen molar-refractivity contribution in [3.05, 3.63) is 23.3 Å². The predicted molar refractivity (Wildman–Crippen MR) is 131 cm³/mol. The van der Waals surface area contributed by atoms with Crippen molar-refractivity contribution in [2.24, 2.45) is 22.7 Å². The molecule has 0 aromatic heterocycles. The van der Waals surface area contributed by atoms with Gasteiger partial charge in [-0.2, -0.15) is 0 Å². The molecule has 6 N–H and O–H groups in total. The molecule has 3 fully saturated rings. The second kappa shape index (κ2) is 7.73. The van der Waals surface area contributed by atoms with Gasteiger partial charge in [-0.15, -0.1) is 0 Å². The van der Waals surface area contributed by atoms with Gasteiger partial charge < -0.3 is 35.4 Å². The Hall–Kier alpha value is -1.62. The fraction of sp³-hybridized carbons (Fsp3) is 0.786. The van der Waals surface area contributed by atoms with Crippen LogP contribution in [-0.4, -0.2) is 83.1 Å². The van der Waals surface area contributed by atoms with Gasteiger partial charge in [0.15, 0.2) is 5.78 Å².